The fourth-order valence-electron chi connectivity index (χ4n) is 3.77. The molecule has 0 radical (unpaired) electrons. The number of hydrogen-bond donors (Lipinski definition) is 1. The highest BCUT2D eigenvalue weighted by Gasteiger charge is 2.28. The number of halogens is 2. The third-order valence-corrected chi connectivity index (χ3v) is 4.76. The summed E-state index contributed by atoms with van der Waals surface area (Å²) in [5.74, 6) is -1.52. The number of nitrogens with zero attached hydrogens (tertiary/aromatic N) is 2. The maximum absolute atomic E-state index is 13.3. The smallest absolute Gasteiger partial charge is 0.293 e. The number of anilines is 2. The number of carbonyl (C=O) groups is 1. The van der Waals surface area contributed by atoms with E-state index < -0.39 is 22.5 Å². The Morgan fingerprint density at radius 1 is 1.11 bits per heavy atom. The number of amides is 1. The Morgan fingerprint density at radius 3 is 2.29 bits per heavy atom. The van der Waals surface area contributed by atoms with Gasteiger partial charge in [0.15, 0.2) is 0 Å². The van der Waals surface area contributed by atoms with Crippen molar-refractivity contribution < 1.29 is 18.5 Å². The van der Waals surface area contributed by atoms with Gasteiger partial charge in [0.2, 0.25) is 0 Å². The van der Waals surface area contributed by atoms with Gasteiger partial charge in [-0.2, -0.15) is 0 Å². The Bertz CT molecular complexity index is 889. The fraction of sp³-hybridized carbons (Fsp3) is 0.350. The van der Waals surface area contributed by atoms with Crippen LogP contribution in [0.2, 0.25) is 0 Å². The first kappa shape index (κ1) is 19.7. The predicted molar refractivity (Wildman–Crippen MR) is 103 cm³/mol. The first-order valence-electron chi connectivity index (χ1n) is 9.03. The zero-order valence-corrected chi connectivity index (χ0v) is 15.6. The topological polar surface area (TPSA) is 75.5 Å². The minimum Gasteiger partial charge on any atom is -0.365 e. The maximum Gasteiger partial charge on any atom is 0.293 e. The molecule has 0 aliphatic carbocycles. The first-order chi connectivity index (χ1) is 13.2. The summed E-state index contributed by atoms with van der Waals surface area (Å²) in [4.78, 5) is 25.5. The number of carbonyl (C=O) groups excluding carboxylic acids is 1. The van der Waals surface area contributed by atoms with Crippen molar-refractivity contribution >= 4 is 23.0 Å². The highest BCUT2D eigenvalue weighted by molar-refractivity contribution is 6.05. The molecule has 8 heteroatoms. The van der Waals surface area contributed by atoms with E-state index in [2.05, 4.69) is 19.2 Å². The van der Waals surface area contributed by atoms with Gasteiger partial charge in [0, 0.05) is 36.5 Å². The van der Waals surface area contributed by atoms with Crippen LogP contribution in [-0.2, 0) is 0 Å². The van der Waals surface area contributed by atoms with E-state index in [1.807, 2.05) is 4.90 Å². The molecule has 0 bridgehead atoms. The lowest BCUT2D eigenvalue weighted by Crippen LogP contribution is -2.39. The zero-order valence-electron chi connectivity index (χ0n) is 15.6. The maximum atomic E-state index is 13.3. The molecule has 1 amide bonds. The SMILES string of the molecule is C[C@@H]1C[C@H](C)CN(c2ccc(C(=O)Nc3cc(F)cc(F)c3)cc2[N+](=O)[O-])C1. The molecule has 0 aromatic heterocycles. The summed E-state index contributed by atoms with van der Waals surface area (Å²) < 4.78 is 26.6. The second-order valence-corrected chi connectivity index (χ2v) is 7.42. The lowest BCUT2D eigenvalue weighted by Gasteiger charge is -2.36. The number of rotatable bonds is 4. The van der Waals surface area contributed by atoms with Gasteiger partial charge in [-0.25, -0.2) is 8.78 Å². The van der Waals surface area contributed by atoms with Crippen LogP contribution in [0, 0.1) is 33.6 Å². The van der Waals surface area contributed by atoms with Crippen LogP contribution in [0.3, 0.4) is 0 Å². The summed E-state index contributed by atoms with van der Waals surface area (Å²) in [6, 6.07) is 6.88. The van der Waals surface area contributed by atoms with Crippen molar-refractivity contribution in [1.82, 2.24) is 0 Å². The van der Waals surface area contributed by atoms with Gasteiger partial charge in [0.05, 0.1) is 4.92 Å². The monoisotopic (exact) mass is 389 g/mol. The third kappa shape index (κ3) is 4.44. The van der Waals surface area contributed by atoms with E-state index >= 15 is 0 Å². The van der Waals surface area contributed by atoms with Gasteiger partial charge in [-0.05, 0) is 42.5 Å². The third-order valence-electron chi connectivity index (χ3n) is 4.76. The average Bonchev–Trinajstić information content (AvgIpc) is 2.59. The van der Waals surface area contributed by atoms with Crippen LogP contribution in [0.15, 0.2) is 36.4 Å². The first-order valence-corrected chi connectivity index (χ1v) is 9.03. The lowest BCUT2D eigenvalue weighted by atomic mass is 9.91. The number of hydrogen-bond acceptors (Lipinski definition) is 4. The van der Waals surface area contributed by atoms with Crippen LogP contribution in [-0.4, -0.2) is 23.9 Å². The van der Waals surface area contributed by atoms with Crippen LogP contribution < -0.4 is 10.2 Å². The van der Waals surface area contributed by atoms with Crippen molar-refractivity contribution in [2.45, 2.75) is 20.3 Å². The van der Waals surface area contributed by atoms with Gasteiger partial charge < -0.3 is 10.2 Å². The molecule has 1 aliphatic heterocycles. The average molecular weight is 389 g/mol. The molecule has 6 nitrogen and oxygen atoms in total. The molecule has 148 valence electrons. The Hall–Kier alpha value is -3.03. The van der Waals surface area contributed by atoms with Gasteiger partial charge in [0.1, 0.15) is 17.3 Å². The number of benzene rings is 2. The molecular formula is C20H21F2N3O3. The van der Waals surface area contributed by atoms with E-state index in [9.17, 15) is 23.7 Å². The normalized spacial score (nSPS) is 19.4. The summed E-state index contributed by atoms with van der Waals surface area (Å²) in [5.41, 5.74) is 0.280. The van der Waals surface area contributed by atoms with E-state index in [0.29, 0.717) is 36.7 Å². The molecule has 0 unspecified atom stereocenters. The molecule has 1 fully saturated rings. The van der Waals surface area contributed by atoms with E-state index in [1.54, 1.807) is 6.07 Å². The molecule has 0 saturated carbocycles. The minimum absolute atomic E-state index is 0.0400. The molecule has 28 heavy (non-hydrogen) atoms. The minimum atomic E-state index is -0.829. The van der Waals surface area contributed by atoms with Gasteiger partial charge in [-0.3, -0.25) is 14.9 Å². The zero-order chi connectivity index (χ0) is 20.4. The van der Waals surface area contributed by atoms with Crippen LogP contribution in [0.25, 0.3) is 0 Å². The highest BCUT2D eigenvalue weighted by Crippen LogP contribution is 2.34. The van der Waals surface area contributed by atoms with Crippen LogP contribution in [0.1, 0.15) is 30.6 Å². The van der Waals surface area contributed by atoms with Crippen LogP contribution in [0.4, 0.5) is 25.8 Å². The molecule has 1 N–H and O–H groups in total. The second-order valence-electron chi connectivity index (χ2n) is 7.42. The Balaban J connectivity index is 1.87. The summed E-state index contributed by atoms with van der Waals surface area (Å²) in [7, 11) is 0. The van der Waals surface area contributed by atoms with Gasteiger partial charge in [-0.1, -0.05) is 13.8 Å². The van der Waals surface area contributed by atoms with Gasteiger partial charge in [-0.15, -0.1) is 0 Å². The molecule has 2 aromatic rings. The predicted octanol–water partition coefficient (Wildman–Crippen LogP) is 4.61. The standard InChI is InChI=1S/C20H21F2N3O3/c1-12-5-13(2)11-24(10-12)18-4-3-14(6-19(18)25(27)28)20(26)23-17-8-15(21)7-16(22)9-17/h3-4,6-9,12-13H,5,10-11H2,1-2H3,(H,23,26)/t12-,13+. The highest BCUT2D eigenvalue weighted by atomic mass is 19.1. The van der Waals surface area contributed by atoms with Gasteiger partial charge >= 0.3 is 0 Å². The van der Waals surface area contributed by atoms with Crippen LogP contribution in [0.5, 0.6) is 0 Å². The number of nitro benzene ring substituents is 1. The Labute approximate surface area is 161 Å². The fourth-order valence-corrected chi connectivity index (χ4v) is 3.77. The number of piperidine rings is 1. The molecule has 1 aliphatic rings. The van der Waals surface area contributed by atoms with Crippen molar-refractivity contribution in [3.63, 3.8) is 0 Å². The molecule has 3 rings (SSSR count). The van der Waals surface area contributed by atoms with E-state index in [-0.39, 0.29) is 16.9 Å². The van der Waals surface area contributed by atoms with Crippen molar-refractivity contribution in [1.29, 1.82) is 0 Å². The molecule has 2 atom stereocenters. The molecular weight excluding hydrogens is 368 g/mol. The van der Waals surface area contributed by atoms with Gasteiger partial charge in [0.25, 0.3) is 11.6 Å². The molecule has 0 spiro atoms. The molecule has 2 aromatic carbocycles. The van der Waals surface area contributed by atoms with Crippen molar-refractivity contribution in [2.24, 2.45) is 11.8 Å². The Kier molecular flexibility index (Phi) is 5.58. The van der Waals surface area contributed by atoms with Crippen molar-refractivity contribution in [3.05, 3.63) is 63.7 Å². The second kappa shape index (κ2) is 7.92. The lowest BCUT2D eigenvalue weighted by molar-refractivity contribution is -0.384. The van der Waals surface area contributed by atoms with Crippen molar-refractivity contribution in [2.75, 3.05) is 23.3 Å². The molecule has 1 heterocycles. The summed E-state index contributed by atoms with van der Waals surface area (Å²) in [6.07, 6.45) is 1.06. The summed E-state index contributed by atoms with van der Waals surface area (Å²) >= 11 is 0. The van der Waals surface area contributed by atoms with E-state index in [1.165, 1.54) is 12.1 Å². The van der Waals surface area contributed by atoms with E-state index in [0.717, 1.165) is 18.6 Å². The quantitative estimate of drug-likeness (QED) is 0.612. The largest absolute Gasteiger partial charge is 0.365 e. The Morgan fingerprint density at radius 2 is 1.71 bits per heavy atom. The number of nitrogens with one attached hydrogen (secondary N) is 1. The summed E-state index contributed by atoms with van der Waals surface area (Å²) in [6.45, 7) is 5.63. The molecule has 1 saturated heterocycles. The number of nitro groups is 1. The van der Waals surface area contributed by atoms with Crippen LogP contribution >= 0.6 is 0 Å². The summed E-state index contributed by atoms with van der Waals surface area (Å²) in [5, 5.41) is 14.0. The van der Waals surface area contributed by atoms with E-state index in [4.69, 9.17) is 0 Å². The van der Waals surface area contributed by atoms with Crippen molar-refractivity contribution in [3.8, 4) is 0 Å².